The van der Waals surface area contributed by atoms with Gasteiger partial charge >= 0.3 is 123 Å². The number of nitrogens with zero attached hydrogens (tertiary/aromatic N) is 4. The second-order valence-electron chi connectivity index (χ2n) is 11.0. The summed E-state index contributed by atoms with van der Waals surface area (Å²) in [5, 5.41) is 75.0. The summed E-state index contributed by atoms with van der Waals surface area (Å²) in [6, 6.07) is 14.7. The number of phenolic OH excluding ortho intramolecular Hbond substituents is 1. The number of benzene rings is 6. The monoisotopic (exact) mass is 970 g/mol. The van der Waals surface area contributed by atoms with Crippen LogP contribution in [-0.2, 0) is 64.5 Å². The Bertz CT molecular complexity index is 2960. The maximum absolute atomic E-state index is 13.1. The van der Waals surface area contributed by atoms with Gasteiger partial charge in [0.1, 0.15) is 36.1 Å². The van der Waals surface area contributed by atoms with Crippen molar-refractivity contribution in [3.05, 3.63) is 84.9 Å². The molecule has 0 unspecified atom stereocenters. The first kappa shape index (κ1) is 53.8. The number of rotatable bonds is 8. The average Bonchev–Trinajstić information content (AvgIpc) is 3.06. The minimum Gasteiger partial charge on any atom is -0.871 e. The quantitative estimate of drug-likeness (QED) is 0.0844. The van der Waals surface area contributed by atoms with Crippen molar-refractivity contribution in [2.45, 2.75) is 14.7 Å². The van der Waals surface area contributed by atoms with E-state index in [1.807, 2.05) is 0 Å². The van der Waals surface area contributed by atoms with Gasteiger partial charge in [0.05, 0.1) is 37.4 Å². The molecule has 18 nitrogen and oxygen atoms in total. The molecule has 58 heavy (non-hydrogen) atoms. The molecule has 0 aromatic heterocycles. The first-order valence-corrected chi connectivity index (χ1v) is 18.5. The molecule has 0 atom stereocenters. The Balaban J connectivity index is 0.00000336. The van der Waals surface area contributed by atoms with E-state index in [1.54, 1.807) is 0 Å². The number of phenols is 1. The van der Waals surface area contributed by atoms with Crippen LogP contribution in [0.3, 0.4) is 0 Å². The van der Waals surface area contributed by atoms with Crippen LogP contribution in [0.1, 0.15) is 0 Å². The van der Waals surface area contributed by atoms with E-state index in [0.717, 1.165) is 24.3 Å². The van der Waals surface area contributed by atoms with Crippen LogP contribution < -0.4 is 109 Å². The van der Waals surface area contributed by atoms with Crippen LogP contribution in [0, 0.1) is 0 Å². The molecule has 0 saturated heterocycles. The summed E-state index contributed by atoms with van der Waals surface area (Å²) >= 11 is 0. The fraction of sp³-hybridized carbons (Fsp3) is 0. The van der Waals surface area contributed by atoms with Gasteiger partial charge in [-0.05, 0) is 63.7 Å². The molecule has 26 heteroatoms. The van der Waals surface area contributed by atoms with E-state index in [-0.39, 0.29) is 150 Å². The first-order chi connectivity index (χ1) is 24.7. The van der Waals surface area contributed by atoms with E-state index in [2.05, 4.69) is 20.5 Å². The Morgan fingerprint density at radius 3 is 1.47 bits per heavy atom. The first-order valence-electron chi connectivity index (χ1n) is 14.3. The van der Waals surface area contributed by atoms with Crippen molar-refractivity contribution in [1.29, 1.82) is 0 Å². The predicted octanol–water partition coefficient (Wildman–Crippen LogP) is -5.79. The number of fused-ring (bicyclic) bond motifs is 2. The van der Waals surface area contributed by atoms with Crippen molar-refractivity contribution >= 4 is 74.6 Å². The molecular formula is C32H15Cu2N4Na3O14S3. The largest absolute Gasteiger partial charge is 2.00 e. The van der Waals surface area contributed by atoms with E-state index in [9.17, 15) is 64.4 Å². The Hall–Kier alpha value is -2.19. The van der Waals surface area contributed by atoms with Gasteiger partial charge in [0, 0.05) is 5.39 Å². The molecule has 0 fully saturated rings. The van der Waals surface area contributed by atoms with Crippen LogP contribution in [0.15, 0.2) is 120 Å². The average molecular weight is 972 g/mol. The van der Waals surface area contributed by atoms with Crippen LogP contribution in [0.2, 0.25) is 0 Å². The van der Waals surface area contributed by atoms with Gasteiger partial charge in [-0.15, -0.1) is 5.11 Å². The zero-order chi connectivity index (χ0) is 38.6. The maximum Gasteiger partial charge on any atom is 2.00 e. The topological polar surface area (TPSA) is 334 Å². The van der Waals surface area contributed by atoms with Crippen molar-refractivity contribution in [2.75, 3.05) is 0 Å². The summed E-state index contributed by atoms with van der Waals surface area (Å²) in [6.07, 6.45) is 0. The summed E-state index contributed by atoms with van der Waals surface area (Å²) in [6.45, 7) is 0. The van der Waals surface area contributed by atoms with Gasteiger partial charge in [0.25, 0.3) is 0 Å². The van der Waals surface area contributed by atoms with E-state index >= 15 is 0 Å². The molecule has 1 N–H and O–H groups in total. The SMILES string of the molecule is O=S(=O)([O-])c1cc(O)c2c([O-])c(N=Nc3ccc(-c4ccc(N=Nc5cc(S(=O)(=O)[O-])c6ccccc6c5[O-])c([O-])c4)cc3[O-])c(S(=O)(=O)[O-])cc2c1.[Cu+2].[Cu+2].[Na+].[Na+].[Na+]. The minimum atomic E-state index is -5.50. The van der Waals surface area contributed by atoms with Gasteiger partial charge in [-0.25, -0.2) is 25.3 Å². The molecule has 290 valence electrons. The predicted molar refractivity (Wildman–Crippen MR) is 171 cm³/mol. The Kier molecular flexibility index (Phi) is 19.1. The van der Waals surface area contributed by atoms with Gasteiger partial charge < -0.3 is 39.2 Å². The van der Waals surface area contributed by atoms with Crippen molar-refractivity contribution in [2.24, 2.45) is 20.5 Å². The van der Waals surface area contributed by atoms with Crippen LogP contribution in [0.4, 0.5) is 22.7 Å². The van der Waals surface area contributed by atoms with Gasteiger partial charge in [-0.3, -0.25) is 0 Å². The van der Waals surface area contributed by atoms with Crippen LogP contribution in [0.5, 0.6) is 28.7 Å². The van der Waals surface area contributed by atoms with Gasteiger partial charge in [0.15, 0.2) is 0 Å². The Labute approximate surface area is 416 Å². The van der Waals surface area contributed by atoms with Crippen molar-refractivity contribution in [3.63, 3.8) is 0 Å². The smallest absolute Gasteiger partial charge is 0.871 e. The molecule has 0 amide bonds. The summed E-state index contributed by atoms with van der Waals surface area (Å²) in [7, 11) is -15.7. The van der Waals surface area contributed by atoms with Gasteiger partial charge in [-0.2, -0.15) is 15.3 Å². The zero-order valence-electron chi connectivity index (χ0n) is 29.5. The van der Waals surface area contributed by atoms with E-state index < -0.39 is 102 Å². The van der Waals surface area contributed by atoms with Gasteiger partial charge in [0.2, 0.25) is 0 Å². The molecule has 6 aromatic rings. The number of azo groups is 2. The molecule has 6 rings (SSSR count). The van der Waals surface area contributed by atoms with Crippen molar-refractivity contribution in [1.82, 2.24) is 0 Å². The fourth-order valence-corrected chi connectivity index (χ4v) is 7.07. The molecule has 0 bridgehead atoms. The third-order valence-electron chi connectivity index (χ3n) is 7.62. The summed E-state index contributed by atoms with van der Waals surface area (Å²) in [5.74, 6) is -4.79. The molecule has 0 saturated carbocycles. The molecule has 2 radical (unpaired) electrons. The number of aromatic hydroxyl groups is 1. The minimum absolute atomic E-state index is 0. The molecular weight excluding hydrogens is 957 g/mol. The van der Waals surface area contributed by atoms with Crippen LogP contribution in [-0.4, -0.2) is 44.0 Å². The second kappa shape index (κ2) is 20.6. The third-order valence-corrected chi connectivity index (χ3v) is 10.2. The molecule has 6 aromatic carbocycles. The summed E-state index contributed by atoms with van der Waals surface area (Å²) in [5.41, 5.74) is -2.08. The second-order valence-corrected chi connectivity index (χ2v) is 15.1. The fourth-order valence-electron chi connectivity index (χ4n) is 5.20. The normalized spacial score (nSPS) is 11.6. The van der Waals surface area contributed by atoms with Crippen molar-refractivity contribution < 1.29 is 187 Å². The summed E-state index contributed by atoms with van der Waals surface area (Å²) < 4.78 is 106. The van der Waals surface area contributed by atoms with E-state index in [1.165, 1.54) is 42.5 Å². The van der Waals surface area contributed by atoms with Crippen LogP contribution >= 0.6 is 0 Å². The molecule has 0 heterocycles. The third kappa shape index (κ3) is 11.4. The molecule has 0 spiro atoms. The zero-order valence-corrected chi connectivity index (χ0v) is 39.8. The van der Waals surface area contributed by atoms with Crippen molar-refractivity contribution in [3.8, 4) is 39.9 Å². The van der Waals surface area contributed by atoms with E-state index in [4.69, 9.17) is 0 Å². The van der Waals surface area contributed by atoms with Gasteiger partial charge in [-0.1, -0.05) is 71.5 Å². The Morgan fingerprint density at radius 1 is 0.500 bits per heavy atom. The standard InChI is InChI=1S/C32H22N4O14S3.2Cu.3Na/c37-24-10-15(5-7-21(24)33-35-23-14-27(52(45,46)47)19-3-1-2-4-20(19)31(23)40)16-6-8-22(25(38)11-16)34-36-30-28(53(48,49)50)12-17-9-18(51(42,43)44)13-26(39)29(17)32(30)41;;;;;/h1-14,37-41H,(H,42,43,44)(H,45,46,47)(H,48,49,50);;;;;/q;2*+2;3*+1/p-7. The summed E-state index contributed by atoms with van der Waals surface area (Å²) in [4.78, 5) is -3.00. The van der Waals surface area contributed by atoms with Crippen LogP contribution in [0.25, 0.3) is 32.7 Å². The number of hydrogen-bond acceptors (Lipinski definition) is 18. The maximum atomic E-state index is 13.1. The number of hydrogen-bond donors (Lipinski definition) is 1. The van der Waals surface area contributed by atoms with E-state index in [0.29, 0.717) is 18.2 Å². The molecule has 0 aliphatic carbocycles. The molecule has 0 aliphatic rings. The Morgan fingerprint density at radius 2 is 0.983 bits per heavy atom. The molecule has 0 aliphatic heterocycles.